The number of carbonyl (C=O) groups is 1. The van der Waals surface area contributed by atoms with Crippen molar-refractivity contribution in [2.24, 2.45) is 10.2 Å². The zero-order valence-electron chi connectivity index (χ0n) is 11.9. The molecule has 0 amide bonds. The van der Waals surface area contributed by atoms with Crippen LogP contribution < -0.4 is 0 Å². The number of hydrogen-bond acceptors (Lipinski definition) is 5. The Morgan fingerprint density at radius 1 is 1.43 bits per heavy atom. The summed E-state index contributed by atoms with van der Waals surface area (Å²) in [6, 6.07) is 6.95. The van der Waals surface area contributed by atoms with E-state index in [1.54, 1.807) is 31.3 Å². The fourth-order valence-corrected chi connectivity index (χ4v) is 2.02. The van der Waals surface area contributed by atoms with Gasteiger partial charge in [-0.1, -0.05) is 11.6 Å². The maximum absolute atomic E-state index is 11.4. The van der Waals surface area contributed by atoms with Crippen LogP contribution in [0.5, 0.6) is 0 Å². The number of rotatable bonds is 5. The van der Waals surface area contributed by atoms with Gasteiger partial charge in [0.25, 0.3) is 0 Å². The van der Waals surface area contributed by atoms with Crippen LogP contribution in [0.3, 0.4) is 0 Å². The van der Waals surface area contributed by atoms with E-state index in [2.05, 4.69) is 15.2 Å². The molecule has 0 spiro atoms. The van der Waals surface area contributed by atoms with Crippen molar-refractivity contribution in [2.75, 3.05) is 6.61 Å². The molecular formula is C15H16ClN3O2. The van der Waals surface area contributed by atoms with Crippen molar-refractivity contribution < 1.29 is 9.53 Å². The van der Waals surface area contributed by atoms with Crippen molar-refractivity contribution in [3.05, 3.63) is 35.5 Å². The van der Waals surface area contributed by atoms with E-state index in [-0.39, 0.29) is 18.4 Å². The molecule has 0 saturated heterocycles. The molecule has 0 bridgehead atoms. The molecule has 0 aliphatic heterocycles. The number of azo groups is 1. The molecule has 0 fully saturated rings. The Morgan fingerprint density at radius 2 is 2.24 bits per heavy atom. The van der Waals surface area contributed by atoms with Gasteiger partial charge in [0.15, 0.2) is 0 Å². The van der Waals surface area contributed by atoms with Gasteiger partial charge in [0, 0.05) is 16.6 Å². The SMILES string of the molecule is CCOC(=O)CC(C)N=Nc1ccnc2cc(Cl)ccc12. The summed E-state index contributed by atoms with van der Waals surface area (Å²) in [7, 11) is 0. The van der Waals surface area contributed by atoms with Crippen LogP contribution in [-0.4, -0.2) is 23.6 Å². The molecule has 0 radical (unpaired) electrons. The number of esters is 1. The molecule has 1 heterocycles. The summed E-state index contributed by atoms with van der Waals surface area (Å²) in [5.74, 6) is -0.268. The number of aromatic nitrogens is 1. The zero-order chi connectivity index (χ0) is 15.2. The number of pyridine rings is 1. The second kappa shape index (κ2) is 7.13. The van der Waals surface area contributed by atoms with E-state index < -0.39 is 0 Å². The third-order valence-electron chi connectivity index (χ3n) is 2.81. The molecular weight excluding hydrogens is 290 g/mol. The summed E-state index contributed by atoms with van der Waals surface area (Å²) in [5, 5.41) is 9.86. The first kappa shape index (κ1) is 15.4. The van der Waals surface area contributed by atoms with Gasteiger partial charge in [-0.15, -0.1) is 0 Å². The summed E-state index contributed by atoms with van der Waals surface area (Å²) in [6.07, 6.45) is 1.87. The number of fused-ring (bicyclic) bond motifs is 1. The Balaban J connectivity index is 2.15. The van der Waals surface area contributed by atoms with E-state index in [1.807, 2.05) is 13.0 Å². The molecule has 0 N–H and O–H groups in total. The molecule has 0 aliphatic rings. The average molecular weight is 306 g/mol. The van der Waals surface area contributed by atoms with E-state index in [0.717, 1.165) is 10.9 Å². The summed E-state index contributed by atoms with van der Waals surface area (Å²) in [4.78, 5) is 15.6. The topological polar surface area (TPSA) is 63.9 Å². The Morgan fingerprint density at radius 3 is 3.00 bits per heavy atom. The van der Waals surface area contributed by atoms with Crippen molar-refractivity contribution in [2.45, 2.75) is 26.3 Å². The lowest BCUT2D eigenvalue weighted by Gasteiger charge is -2.05. The molecule has 0 aliphatic carbocycles. The molecule has 1 unspecified atom stereocenters. The third-order valence-corrected chi connectivity index (χ3v) is 3.05. The highest BCUT2D eigenvalue weighted by atomic mass is 35.5. The molecule has 5 nitrogen and oxygen atoms in total. The molecule has 6 heteroatoms. The molecule has 2 aromatic rings. The van der Waals surface area contributed by atoms with E-state index in [4.69, 9.17) is 16.3 Å². The van der Waals surface area contributed by atoms with Crippen LogP contribution in [0, 0.1) is 0 Å². The standard InChI is InChI=1S/C15H16ClN3O2/c1-3-21-15(20)8-10(2)18-19-13-6-7-17-14-9-11(16)4-5-12(13)14/h4-7,9-10H,3,8H2,1-2H3. The largest absolute Gasteiger partial charge is 0.466 e. The summed E-state index contributed by atoms with van der Waals surface area (Å²) >= 11 is 5.94. The van der Waals surface area contributed by atoms with Crippen molar-refractivity contribution >= 4 is 34.2 Å². The molecule has 1 aromatic heterocycles. The molecule has 0 saturated carbocycles. The molecule has 2 rings (SSSR count). The molecule has 110 valence electrons. The number of carbonyl (C=O) groups excluding carboxylic acids is 1. The van der Waals surface area contributed by atoms with Crippen molar-refractivity contribution in [3.8, 4) is 0 Å². The van der Waals surface area contributed by atoms with Gasteiger partial charge in [0.05, 0.1) is 30.3 Å². The fourth-order valence-electron chi connectivity index (χ4n) is 1.86. The minimum absolute atomic E-state index is 0.214. The van der Waals surface area contributed by atoms with E-state index in [1.165, 1.54) is 0 Å². The maximum atomic E-state index is 11.4. The monoisotopic (exact) mass is 305 g/mol. The van der Waals surface area contributed by atoms with Gasteiger partial charge in [0.1, 0.15) is 0 Å². The average Bonchev–Trinajstić information content (AvgIpc) is 2.44. The highest BCUT2D eigenvalue weighted by Gasteiger charge is 2.09. The van der Waals surface area contributed by atoms with Crippen LogP contribution in [0.1, 0.15) is 20.3 Å². The zero-order valence-corrected chi connectivity index (χ0v) is 12.7. The van der Waals surface area contributed by atoms with E-state index in [9.17, 15) is 4.79 Å². The highest BCUT2D eigenvalue weighted by Crippen LogP contribution is 2.27. The molecule has 21 heavy (non-hydrogen) atoms. The van der Waals surface area contributed by atoms with Gasteiger partial charge >= 0.3 is 5.97 Å². The predicted octanol–water partition coefficient (Wildman–Crippen LogP) is 4.31. The van der Waals surface area contributed by atoms with Gasteiger partial charge < -0.3 is 4.74 Å². The lowest BCUT2D eigenvalue weighted by atomic mass is 10.2. The van der Waals surface area contributed by atoms with Crippen LogP contribution in [0.4, 0.5) is 5.69 Å². The third kappa shape index (κ3) is 4.23. The first-order valence-electron chi connectivity index (χ1n) is 6.71. The van der Waals surface area contributed by atoms with Gasteiger partial charge in [-0.05, 0) is 38.1 Å². The van der Waals surface area contributed by atoms with Gasteiger partial charge in [-0.25, -0.2) is 0 Å². The molecule has 1 aromatic carbocycles. The number of halogens is 1. The Hall–Kier alpha value is -2.01. The van der Waals surface area contributed by atoms with E-state index >= 15 is 0 Å². The lowest BCUT2D eigenvalue weighted by molar-refractivity contribution is -0.143. The smallest absolute Gasteiger partial charge is 0.308 e. The Labute approximate surface area is 128 Å². The van der Waals surface area contributed by atoms with Gasteiger partial charge in [0.2, 0.25) is 0 Å². The van der Waals surface area contributed by atoms with Crippen LogP contribution in [0.25, 0.3) is 10.9 Å². The van der Waals surface area contributed by atoms with Gasteiger partial charge in [-0.3, -0.25) is 9.78 Å². The first-order chi connectivity index (χ1) is 10.1. The van der Waals surface area contributed by atoms with Crippen LogP contribution in [-0.2, 0) is 9.53 Å². The van der Waals surface area contributed by atoms with Crippen LogP contribution in [0.2, 0.25) is 5.02 Å². The minimum atomic E-state index is -0.268. The lowest BCUT2D eigenvalue weighted by Crippen LogP contribution is -2.10. The highest BCUT2D eigenvalue weighted by molar-refractivity contribution is 6.31. The second-order valence-corrected chi connectivity index (χ2v) is 5.00. The Bertz CT molecular complexity index is 673. The quantitative estimate of drug-likeness (QED) is 0.610. The summed E-state index contributed by atoms with van der Waals surface area (Å²) in [6.45, 7) is 3.97. The predicted molar refractivity (Wildman–Crippen MR) is 82.0 cm³/mol. The van der Waals surface area contributed by atoms with Crippen molar-refractivity contribution in [1.82, 2.24) is 4.98 Å². The summed E-state index contributed by atoms with van der Waals surface area (Å²) < 4.78 is 4.88. The number of benzene rings is 1. The number of nitrogens with zero attached hydrogens (tertiary/aromatic N) is 3. The number of hydrogen-bond donors (Lipinski definition) is 0. The van der Waals surface area contributed by atoms with Crippen molar-refractivity contribution in [1.29, 1.82) is 0 Å². The molecule has 1 atom stereocenters. The first-order valence-corrected chi connectivity index (χ1v) is 7.08. The number of ether oxygens (including phenoxy) is 1. The fraction of sp³-hybridized carbons (Fsp3) is 0.333. The maximum Gasteiger partial charge on any atom is 0.308 e. The summed E-state index contributed by atoms with van der Waals surface area (Å²) in [5.41, 5.74) is 1.46. The minimum Gasteiger partial charge on any atom is -0.466 e. The normalized spacial score (nSPS) is 12.7. The Kier molecular flexibility index (Phi) is 5.22. The second-order valence-electron chi connectivity index (χ2n) is 4.57. The van der Waals surface area contributed by atoms with Gasteiger partial charge in [-0.2, -0.15) is 10.2 Å². The van der Waals surface area contributed by atoms with Crippen molar-refractivity contribution in [3.63, 3.8) is 0 Å². The van der Waals surface area contributed by atoms with Crippen LogP contribution in [0.15, 0.2) is 40.7 Å². The van der Waals surface area contributed by atoms with E-state index in [0.29, 0.717) is 17.3 Å². The van der Waals surface area contributed by atoms with Crippen LogP contribution >= 0.6 is 11.6 Å².